The van der Waals surface area contributed by atoms with E-state index in [-0.39, 0.29) is 17.9 Å². The molecule has 4 aromatic rings. The molecule has 1 aliphatic heterocycles. The van der Waals surface area contributed by atoms with Gasteiger partial charge in [0.05, 0.1) is 12.2 Å². The molecule has 0 aliphatic carbocycles. The van der Waals surface area contributed by atoms with Gasteiger partial charge >= 0.3 is 12.0 Å². The number of aromatic nitrogens is 1. The van der Waals surface area contributed by atoms with E-state index < -0.39 is 23.8 Å². The number of fused-ring (bicyclic) bond motifs is 1. The zero-order valence-corrected chi connectivity index (χ0v) is 18.5. The van der Waals surface area contributed by atoms with E-state index in [0.717, 1.165) is 15.8 Å². The number of aryl methyl sites for hydroxylation is 1. The second-order valence-corrected chi connectivity index (χ2v) is 8.04. The normalized spacial score (nSPS) is 15.2. The molecule has 35 heavy (non-hydrogen) atoms. The Kier molecular flexibility index (Phi) is 5.29. The molecule has 1 fully saturated rings. The summed E-state index contributed by atoms with van der Waals surface area (Å²) in [6.45, 7) is 2.01. The number of imide groups is 2. The van der Waals surface area contributed by atoms with Crippen LogP contribution in [0.5, 0.6) is 0 Å². The number of nitrogens with zero attached hydrogens (tertiary/aromatic N) is 2. The number of urea groups is 1. The van der Waals surface area contributed by atoms with E-state index in [0.29, 0.717) is 22.6 Å². The summed E-state index contributed by atoms with van der Waals surface area (Å²) >= 11 is 0. The van der Waals surface area contributed by atoms with Crippen molar-refractivity contribution in [2.24, 2.45) is 0 Å². The predicted octanol–water partition coefficient (Wildman–Crippen LogP) is 3.96. The largest absolute Gasteiger partial charge is 0.475 e. The summed E-state index contributed by atoms with van der Waals surface area (Å²) in [4.78, 5) is 50.6. The van der Waals surface area contributed by atoms with Crippen LogP contribution in [0.3, 0.4) is 0 Å². The molecule has 9 nitrogen and oxygen atoms in total. The van der Waals surface area contributed by atoms with Crippen molar-refractivity contribution in [3.05, 3.63) is 95.1 Å². The summed E-state index contributed by atoms with van der Waals surface area (Å²) in [7, 11) is 0. The van der Waals surface area contributed by atoms with Crippen LogP contribution in [0.25, 0.3) is 17.0 Å². The topological polar surface area (TPSA) is 122 Å². The number of rotatable bonds is 5. The van der Waals surface area contributed by atoms with Gasteiger partial charge in [-0.05, 0) is 42.8 Å². The zero-order chi connectivity index (χ0) is 24.7. The molecular weight excluding hydrogens is 450 g/mol. The maximum atomic E-state index is 13.3. The molecule has 5 rings (SSSR count). The van der Waals surface area contributed by atoms with Crippen molar-refractivity contribution in [2.75, 3.05) is 4.90 Å². The molecule has 174 valence electrons. The average Bonchev–Trinajstić information content (AvgIpc) is 3.43. The number of nitrogens with one attached hydrogen (secondary N) is 1. The maximum Gasteiger partial charge on any atom is 0.371 e. The third-order valence-corrected chi connectivity index (χ3v) is 5.78. The number of anilines is 1. The Labute approximate surface area is 198 Å². The Morgan fingerprint density at radius 3 is 2.51 bits per heavy atom. The lowest BCUT2D eigenvalue weighted by Crippen LogP contribution is -2.54. The fourth-order valence-corrected chi connectivity index (χ4v) is 4.11. The highest BCUT2D eigenvalue weighted by molar-refractivity contribution is 6.39. The van der Waals surface area contributed by atoms with E-state index in [1.165, 1.54) is 12.1 Å². The predicted molar refractivity (Wildman–Crippen MR) is 127 cm³/mol. The molecule has 9 heteroatoms. The van der Waals surface area contributed by atoms with Crippen LogP contribution in [-0.2, 0) is 16.1 Å². The highest BCUT2D eigenvalue weighted by Crippen LogP contribution is 2.28. The number of carbonyl (C=O) groups is 4. The number of furan rings is 1. The Balaban J connectivity index is 1.56. The lowest BCUT2D eigenvalue weighted by Gasteiger charge is -2.27. The van der Waals surface area contributed by atoms with Crippen LogP contribution in [0.15, 0.2) is 76.9 Å². The molecule has 0 saturated carbocycles. The van der Waals surface area contributed by atoms with Gasteiger partial charge in [0.1, 0.15) is 11.3 Å². The fourth-order valence-electron chi connectivity index (χ4n) is 4.11. The summed E-state index contributed by atoms with van der Waals surface area (Å²) in [5, 5.41) is 12.1. The number of aromatic carboxylic acids is 1. The van der Waals surface area contributed by atoms with Gasteiger partial charge in [-0.3, -0.25) is 14.9 Å². The number of hydrogen-bond donors (Lipinski definition) is 2. The van der Waals surface area contributed by atoms with Crippen molar-refractivity contribution in [1.82, 2.24) is 9.88 Å². The van der Waals surface area contributed by atoms with E-state index in [4.69, 9.17) is 9.52 Å². The molecule has 2 aromatic heterocycles. The van der Waals surface area contributed by atoms with E-state index in [9.17, 15) is 19.2 Å². The first-order chi connectivity index (χ1) is 16.8. The van der Waals surface area contributed by atoms with Crippen LogP contribution in [0.4, 0.5) is 10.5 Å². The van der Waals surface area contributed by atoms with Crippen LogP contribution in [0.2, 0.25) is 0 Å². The van der Waals surface area contributed by atoms with Crippen LogP contribution in [-0.4, -0.2) is 33.5 Å². The van der Waals surface area contributed by atoms with Crippen molar-refractivity contribution in [2.45, 2.75) is 13.5 Å². The average molecular weight is 469 g/mol. The Morgan fingerprint density at radius 2 is 1.77 bits per heavy atom. The fraction of sp³-hybridized carbons (Fsp3) is 0.0769. The lowest BCUT2D eigenvalue weighted by molar-refractivity contribution is -0.122. The van der Waals surface area contributed by atoms with Crippen molar-refractivity contribution in [3.8, 4) is 0 Å². The SMILES string of the molecule is Cc1ccccc1N1C(=O)NC(=O)C(=Cc2cn(Cc3ccc(C(=O)O)o3)c3ccccc23)C1=O. The first-order valence-electron chi connectivity index (χ1n) is 10.7. The number of barbiturate groups is 1. The van der Waals surface area contributed by atoms with E-state index >= 15 is 0 Å². The summed E-state index contributed by atoms with van der Waals surface area (Å²) in [5.41, 5.74) is 2.30. The number of carbonyl (C=O) groups excluding carboxylic acids is 3. The second kappa shape index (κ2) is 8.45. The third-order valence-electron chi connectivity index (χ3n) is 5.78. The number of carboxylic acid groups (broad SMARTS) is 1. The van der Waals surface area contributed by atoms with E-state index in [2.05, 4.69) is 5.32 Å². The maximum absolute atomic E-state index is 13.3. The second-order valence-electron chi connectivity index (χ2n) is 8.04. The number of amides is 4. The highest BCUT2D eigenvalue weighted by atomic mass is 16.4. The van der Waals surface area contributed by atoms with Gasteiger partial charge in [0.15, 0.2) is 0 Å². The van der Waals surface area contributed by atoms with Gasteiger partial charge in [-0.2, -0.15) is 0 Å². The van der Waals surface area contributed by atoms with Gasteiger partial charge in [-0.15, -0.1) is 0 Å². The van der Waals surface area contributed by atoms with Gasteiger partial charge in [0.25, 0.3) is 11.8 Å². The molecule has 4 amide bonds. The van der Waals surface area contributed by atoms with Crippen molar-refractivity contribution < 1.29 is 28.7 Å². The molecule has 2 aromatic carbocycles. The van der Waals surface area contributed by atoms with Gasteiger partial charge < -0.3 is 14.1 Å². The third kappa shape index (κ3) is 3.89. The monoisotopic (exact) mass is 469 g/mol. The highest BCUT2D eigenvalue weighted by Gasteiger charge is 2.37. The Hall–Kier alpha value is -4.92. The number of carboxylic acids is 1. The lowest BCUT2D eigenvalue weighted by atomic mass is 10.1. The minimum absolute atomic E-state index is 0.163. The van der Waals surface area contributed by atoms with Crippen LogP contribution in [0, 0.1) is 6.92 Å². The summed E-state index contributed by atoms with van der Waals surface area (Å²) in [5.74, 6) is -2.39. The quantitative estimate of drug-likeness (QED) is 0.337. The van der Waals surface area contributed by atoms with Gasteiger partial charge in [0, 0.05) is 22.7 Å². The minimum Gasteiger partial charge on any atom is -0.475 e. The minimum atomic E-state index is -1.16. The Morgan fingerprint density at radius 1 is 1.03 bits per heavy atom. The van der Waals surface area contributed by atoms with Gasteiger partial charge in [-0.25, -0.2) is 14.5 Å². The van der Waals surface area contributed by atoms with E-state index in [1.54, 1.807) is 43.5 Å². The number of hydrogen-bond acceptors (Lipinski definition) is 5. The number of para-hydroxylation sites is 2. The van der Waals surface area contributed by atoms with Crippen LogP contribution in [0.1, 0.15) is 27.4 Å². The van der Waals surface area contributed by atoms with Crippen molar-refractivity contribution in [3.63, 3.8) is 0 Å². The van der Waals surface area contributed by atoms with Crippen molar-refractivity contribution in [1.29, 1.82) is 0 Å². The Bertz CT molecular complexity index is 1560. The summed E-state index contributed by atoms with van der Waals surface area (Å²) in [6, 6.07) is 16.5. The molecule has 0 spiro atoms. The molecule has 0 radical (unpaired) electrons. The molecule has 1 aliphatic rings. The molecular formula is C26H19N3O6. The first-order valence-corrected chi connectivity index (χ1v) is 10.7. The number of benzene rings is 2. The molecule has 0 bridgehead atoms. The van der Waals surface area contributed by atoms with Gasteiger partial charge in [0.2, 0.25) is 5.76 Å². The van der Waals surface area contributed by atoms with Crippen molar-refractivity contribution >= 4 is 46.5 Å². The smallest absolute Gasteiger partial charge is 0.371 e. The molecule has 3 heterocycles. The van der Waals surface area contributed by atoms with Crippen LogP contribution < -0.4 is 10.2 Å². The molecule has 0 atom stereocenters. The molecule has 0 unspecified atom stereocenters. The van der Waals surface area contributed by atoms with Gasteiger partial charge in [-0.1, -0.05) is 36.4 Å². The van der Waals surface area contributed by atoms with Crippen LogP contribution >= 0.6 is 0 Å². The summed E-state index contributed by atoms with van der Waals surface area (Å²) < 4.78 is 7.21. The molecule has 1 saturated heterocycles. The first kappa shape index (κ1) is 21.9. The zero-order valence-electron chi connectivity index (χ0n) is 18.5. The standard InChI is InChI=1S/C26H19N3O6/c1-15-6-2-4-8-20(15)29-24(31)19(23(30)27-26(29)34)12-16-13-28(21-9-5-3-7-18(16)21)14-17-10-11-22(35-17)25(32)33/h2-13H,14H2,1H3,(H,32,33)(H,27,30,34). The van der Waals surface area contributed by atoms with E-state index in [1.807, 2.05) is 28.8 Å². The molecule has 2 N–H and O–H groups in total. The summed E-state index contributed by atoms with van der Waals surface area (Å²) in [6.07, 6.45) is 3.20.